The fourth-order valence-corrected chi connectivity index (χ4v) is 3.63. The van der Waals surface area contributed by atoms with Crippen LogP contribution in [-0.2, 0) is 20.9 Å². The minimum Gasteiger partial charge on any atom is -0.486 e. The van der Waals surface area contributed by atoms with Crippen molar-refractivity contribution in [2.45, 2.75) is 6.54 Å². The molecule has 0 bridgehead atoms. The number of hydrogen-bond acceptors (Lipinski definition) is 7. The topological polar surface area (TPSA) is 105 Å². The fourth-order valence-electron chi connectivity index (χ4n) is 3.63. The summed E-state index contributed by atoms with van der Waals surface area (Å²) in [6.07, 6.45) is 6.22. The minimum absolute atomic E-state index is 0.219. The van der Waals surface area contributed by atoms with Gasteiger partial charge < -0.3 is 23.9 Å². The van der Waals surface area contributed by atoms with Gasteiger partial charge in [0.15, 0.2) is 18.1 Å². The smallest absolute Gasteiger partial charge is 0.331 e. The molecule has 1 N–H and O–H groups in total. The number of hydrogen-bond donors (Lipinski definition) is 1. The van der Waals surface area contributed by atoms with Gasteiger partial charge in [0.25, 0.3) is 5.91 Å². The molecule has 9 nitrogen and oxygen atoms in total. The van der Waals surface area contributed by atoms with Gasteiger partial charge in [-0.25, -0.2) is 9.48 Å². The van der Waals surface area contributed by atoms with Crippen molar-refractivity contribution in [2.24, 2.45) is 0 Å². The summed E-state index contributed by atoms with van der Waals surface area (Å²) in [5.74, 6) is 0.851. The number of aromatic nitrogens is 2. The number of furan rings is 1. The molecular weight excluding hydrogens is 462 g/mol. The molecule has 3 heterocycles. The highest BCUT2D eigenvalue weighted by Crippen LogP contribution is 2.35. The second-order valence-electron chi connectivity index (χ2n) is 7.87. The van der Waals surface area contributed by atoms with Crippen LogP contribution in [0.3, 0.4) is 0 Å². The van der Waals surface area contributed by atoms with Crippen molar-refractivity contribution in [1.82, 2.24) is 15.1 Å². The van der Waals surface area contributed by atoms with Gasteiger partial charge in [0.1, 0.15) is 24.7 Å². The van der Waals surface area contributed by atoms with Gasteiger partial charge >= 0.3 is 5.97 Å². The molecule has 0 saturated heterocycles. The van der Waals surface area contributed by atoms with Crippen molar-refractivity contribution in [3.63, 3.8) is 0 Å². The fraction of sp³-hybridized carbons (Fsp3) is 0.148. The van der Waals surface area contributed by atoms with Crippen LogP contribution in [0.15, 0.2) is 83.6 Å². The van der Waals surface area contributed by atoms with Crippen LogP contribution in [-0.4, -0.2) is 41.5 Å². The maximum absolute atomic E-state index is 12.3. The molecule has 1 aliphatic heterocycles. The summed E-state index contributed by atoms with van der Waals surface area (Å²) in [6, 6.07) is 18.7. The summed E-state index contributed by atoms with van der Waals surface area (Å²) in [6.45, 7) is 0.799. The third-order valence-electron chi connectivity index (χ3n) is 5.36. The van der Waals surface area contributed by atoms with Gasteiger partial charge in [0, 0.05) is 23.4 Å². The van der Waals surface area contributed by atoms with Gasteiger partial charge in [0.05, 0.1) is 18.5 Å². The summed E-state index contributed by atoms with van der Waals surface area (Å²) in [5, 5.41) is 7.37. The molecule has 2 aromatic carbocycles. The van der Waals surface area contributed by atoms with E-state index in [0.29, 0.717) is 41.7 Å². The molecule has 0 atom stereocenters. The van der Waals surface area contributed by atoms with E-state index in [-0.39, 0.29) is 6.54 Å². The third kappa shape index (κ3) is 5.47. The monoisotopic (exact) mass is 485 g/mol. The molecule has 0 fully saturated rings. The Balaban J connectivity index is 1.32. The first kappa shape index (κ1) is 23.0. The van der Waals surface area contributed by atoms with Crippen LogP contribution >= 0.6 is 0 Å². The van der Waals surface area contributed by atoms with Gasteiger partial charge in [-0.2, -0.15) is 5.10 Å². The Hall–Kier alpha value is -4.79. The molecule has 1 aliphatic rings. The van der Waals surface area contributed by atoms with Crippen LogP contribution < -0.4 is 14.8 Å². The molecule has 0 unspecified atom stereocenters. The standard InChI is InChI=1S/C27H23N3O6/c31-25(28-16-22-7-4-12-33-22)18-36-26(32)11-9-20-17-30(21-5-2-1-3-6-21)29-27(20)19-8-10-23-24(15-19)35-14-13-34-23/h1-12,15,17H,13-14,16,18H2,(H,28,31)/b11-9+. The molecule has 1 amide bonds. The van der Waals surface area contributed by atoms with Gasteiger partial charge in [-0.05, 0) is 48.5 Å². The quantitative estimate of drug-likeness (QED) is 0.299. The van der Waals surface area contributed by atoms with Crippen LogP contribution in [0.25, 0.3) is 23.0 Å². The highest BCUT2D eigenvalue weighted by Gasteiger charge is 2.17. The van der Waals surface area contributed by atoms with Crippen LogP contribution in [0.1, 0.15) is 11.3 Å². The highest BCUT2D eigenvalue weighted by molar-refractivity contribution is 5.90. The Labute approximate surface area is 206 Å². The van der Waals surface area contributed by atoms with Crippen molar-refractivity contribution in [2.75, 3.05) is 19.8 Å². The molecule has 0 spiro atoms. The Morgan fingerprint density at radius 2 is 1.86 bits per heavy atom. The van der Waals surface area contributed by atoms with E-state index in [2.05, 4.69) is 5.32 Å². The first-order valence-corrected chi connectivity index (χ1v) is 11.3. The van der Waals surface area contributed by atoms with E-state index in [1.165, 1.54) is 12.3 Å². The Morgan fingerprint density at radius 1 is 1.03 bits per heavy atom. The lowest BCUT2D eigenvalue weighted by Gasteiger charge is -2.18. The average Bonchev–Trinajstić information content (AvgIpc) is 3.60. The Kier molecular flexibility index (Phi) is 6.79. The lowest BCUT2D eigenvalue weighted by atomic mass is 10.1. The first-order chi connectivity index (χ1) is 17.7. The number of rotatable bonds is 8. The second-order valence-corrected chi connectivity index (χ2v) is 7.87. The van der Waals surface area contributed by atoms with Crippen molar-refractivity contribution < 1.29 is 28.2 Å². The summed E-state index contributed by atoms with van der Waals surface area (Å²) in [7, 11) is 0. The van der Waals surface area contributed by atoms with Crippen molar-refractivity contribution in [3.8, 4) is 28.4 Å². The molecule has 5 rings (SSSR count). The zero-order chi connectivity index (χ0) is 24.7. The zero-order valence-corrected chi connectivity index (χ0v) is 19.3. The second kappa shape index (κ2) is 10.6. The lowest BCUT2D eigenvalue weighted by molar-refractivity contribution is -0.143. The number of nitrogens with one attached hydrogen (secondary N) is 1. The Bertz CT molecular complexity index is 1380. The molecule has 182 valence electrons. The molecule has 9 heteroatoms. The number of esters is 1. The van der Waals surface area contributed by atoms with Gasteiger partial charge in [-0.15, -0.1) is 0 Å². The number of ether oxygens (including phenoxy) is 3. The number of carbonyl (C=O) groups is 2. The van der Waals surface area contributed by atoms with E-state index in [1.807, 2.05) is 54.7 Å². The molecular formula is C27H23N3O6. The molecule has 4 aromatic rings. The maximum Gasteiger partial charge on any atom is 0.331 e. The largest absolute Gasteiger partial charge is 0.486 e. The van der Waals surface area contributed by atoms with Gasteiger partial charge in [0.2, 0.25) is 0 Å². The van der Waals surface area contributed by atoms with E-state index in [1.54, 1.807) is 22.9 Å². The number of para-hydroxylation sites is 1. The van der Waals surface area contributed by atoms with Crippen LogP contribution in [0.5, 0.6) is 11.5 Å². The van der Waals surface area contributed by atoms with E-state index < -0.39 is 18.5 Å². The SMILES string of the molecule is O=C(COC(=O)/C=C/c1cn(-c2ccccc2)nc1-c1ccc2c(c1)OCCO2)NCc1ccco1. The van der Waals surface area contributed by atoms with E-state index >= 15 is 0 Å². The van der Waals surface area contributed by atoms with Crippen LogP contribution in [0, 0.1) is 0 Å². The van der Waals surface area contributed by atoms with Crippen molar-refractivity contribution in [1.29, 1.82) is 0 Å². The highest BCUT2D eigenvalue weighted by atomic mass is 16.6. The van der Waals surface area contributed by atoms with Gasteiger partial charge in [-0.1, -0.05) is 18.2 Å². The van der Waals surface area contributed by atoms with Gasteiger partial charge in [-0.3, -0.25) is 4.79 Å². The minimum atomic E-state index is -0.649. The average molecular weight is 485 g/mol. The van der Waals surface area contributed by atoms with Crippen LogP contribution in [0.2, 0.25) is 0 Å². The lowest BCUT2D eigenvalue weighted by Crippen LogP contribution is -2.27. The zero-order valence-electron chi connectivity index (χ0n) is 19.3. The molecule has 2 aromatic heterocycles. The summed E-state index contributed by atoms with van der Waals surface area (Å²) >= 11 is 0. The summed E-state index contributed by atoms with van der Waals surface area (Å²) in [4.78, 5) is 24.2. The predicted octanol–water partition coefficient (Wildman–Crippen LogP) is 3.78. The number of amides is 1. The van der Waals surface area contributed by atoms with E-state index in [9.17, 15) is 9.59 Å². The summed E-state index contributed by atoms with van der Waals surface area (Å²) in [5.41, 5.74) is 3.01. The number of carbonyl (C=O) groups excluding carboxylic acids is 2. The number of nitrogens with zero attached hydrogens (tertiary/aromatic N) is 2. The first-order valence-electron chi connectivity index (χ1n) is 11.3. The normalized spacial score (nSPS) is 12.4. The van der Waals surface area contributed by atoms with Crippen molar-refractivity contribution >= 4 is 18.0 Å². The van der Waals surface area contributed by atoms with Crippen LogP contribution in [0.4, 0.5) is 0 Å². The number of benzene rings is 2. The molecule has 0 aliphatic carbocycles. The predicted molar refractivity (Wildman–Crippen MR) is 131 cm³/mol. The van der Waals surface area contributed by atoms with E-state index in [0.717, 1.165) is 11.3 Å². The molecule has 0 radical (unpaired) electrons. The molecule has 36 heavy (non-hydrogen) atoms. The maximum atomic E-state index is 12.3. The Morgan fingerprint density at radius 3 is 2.67 bits per heavy atom. The van der Waals surface area contributed by atoms with Crippen molar-refractivity contribution in [3.05, 3.63) is 90.5 Å². The summed E-state index contributed by atoms with van der Waals surface area (Å²) < 4.78 is 23.3. The molecule has 0 saturated carbocycles. The number of fused-ring (bicyclic) bond motifs is 1. The third-order valence-corrected chi connectivity index (χ3v) is 5.36. The van der Waals surface area contributed by atoms with E-state index in [4.69, 9.17) is 23.7 Å².